The molecular formula is C31H50O5. The van der Waals surface area contributed by atoms with Crippen molar-refractivity contribution in [3.05, 3.63) is 11.1 Å². The minimum atomic E-state index is -0.923. The van der Waals surface area contributed by atoms with E-state index in [1.54, 1.807) is 19.4 Å². The van der Waals surface area contributed by atoms with E-state index in [0.717, 1.165) is 38.5 Å². The first-order chi connectivity index (χ1) is 16.5. The van der Waals surface area contributed by atoms with E-state index in [2.05, 4.69) is 41.5 Å². The number of allylic oxidation sites excluding steroid dienone is 1. The molecule has 4 aliphatic carbocycles. The Bertz CT molecular complexity index is 951. The van der Waals surface area contributed by atoms with Crippen molar-refractivity contribution in [1.29, 1.82) is 0 Å². The van der Waals surface area contributed by atoms with Crippen molar-refractivity contribution in [3.8, 4) is 0 Å². The van der Waals surface area contributed by atoms with Crippen LogP contribution < -0.4 is 0 Å². The van der Waals surface area contributed by atoms with Crippen LogP contribution in [0.1, 0.15) is 107 Å². The summed E-state index contributed by atoms with van der Waals surface area (Å²) in [6.07, 6.45) is 6.27. The zero-order valence-corrected chi connectivity index (χ0v) is 23.9. The topological polar surface area (TPSA) is 94.8 Å². The van der Waals surface area contributed by atoms with Crippen LogP contribution >= 0.6 is 0 Å². The molecule has 0 saturated heterocycles. The Labute approximate surface area is 218 Å². The molecule has 4 rings (SSSR count). The summed E-state index contributed by atoms with van der Waals surface area (Å²) >= 11 is 0. The lowest BCUT2D eigenvalue weighted by Crippen LogP contribution is -2.58. The summed E-state index contributed by atoms with van der Waals surface area (Å²) < 4.78 is 0. The smallest absolute Gasteiger partial charge is 0.306 e. The van der Waals surface area contributed by atoms with Gasteiger partial charge in [0.15, 0.2) is 0 Å². The number of carboxylic acid groups (broad SMARTS) is 1. The van der Waals surface area contributed by atoms with E-state index < -0.39 is 23.9 Å². The van der Waals surface area contributed by atoms with Gasteiger partial charge in [0.1, 0.15) is 5.78 Å². The normalized spacial score (nSPS) is 44.2. The average Bonchev–Trinajstić information content (AvgIpc) is 3.09. The van der Waals surface area contributed by atoms with Crippen molar-refractivity contribution in [1.82, 2.24) is 0 Å². The monoisotopic (exact) mass is 502 g/mol. The summed E-state index contributed by atoms with van der Waals surface area (Å²) in [7, 11) is 0. The Balaban J connectivity index is 1.65. The van der Waals surface area contributed by atoms with E-state index in [9.17, 15) is 24.9 Å². The lowest BCUT2D eigenvalue weighted by Gasteiger charge is -2.63. The van der Waals surface area contributed by atoms with Crippen molar-refractivity contribution < 1.29 is 24.9 Å². The lowest BCUT2D eigenvalue weighted by molar-refractivity contribution is -0.146. The number of aliphatic hydroxyl groups is 2. The third kappa shape index (κ3) is 3.69. The number of rotatable bonds is 6. The number of hydrogen-bond acceptors (Lipinski definition) is 4. The van der Waals surface area contributed by atoms with Crippen LogP contribution in [0.2, 0.25) is 0 Å². The highest BCUT2D eigenvalue weighted by Gasteiger charge is 2.66. The van der Waals surface area contributed by atoms with Gasteiger partial charge in [-0.15, -0.1) is 0 Å². The second kappa shape index (κ2) is 8.93. The number of carbonyl (C=O) groups excluding carboxylic acids is 1. The van der Waals surface area contributed by atoms with Gasteiger partial charge in [-0.1, -0.05) is 66.5 Å². The van der Waals surface area contributed by atoms with Gasteiger partial charge in [-0.2, -0.15) is 0 Å². The number of aliphatic hydroxyl groups excluding tert-OH is 2. The maximum atomic E-state index is 13.0. The Morgan fingerprint density at radius 2 is 1.53 bits per heavy atom. The van der Waals surface area contributed by atoms with Crippen LogP contribution in [0.25, 0.3) is 0 Å². The third-order valence-corrected chi connectivity index (χ3v) is 12.7. The summed E-state index contributed by atoms with van der Waals surface area (Å²) in [5, 5.41) is 32.1. The van der Waals surface area contributed by atoms with Crippen molar-refractivity contribution in [2.45, 2.75) is 119 Å². The van der Waals surface area contributed by atoms with Gasteiger partial charge in [0.05, 0.1) is 18.1 Å². The van der Waals surface area contributed by atoms with E-state index in [-0.39, 0.29) is 45.4 Å². The molecule has 0 aromatic heterocycles. The quantitative estimate of drug-likeness (QED) is 0.386. The second-order valence-electron chi connectivity index (χ2n) is 14.4. The standard InChI is InChI=1S/C31H50O5/c1-17(15-23(32)18(2)19(3)27(35)36)20-11-14-30(7)21-9-10-24-28(4,5)25(33)12-13-29(24,6)22(21)16-26(34)31(20,30)8/h17-20,24-26,33-34H,9-16H2,1-8H3,(H,35,36)/t17-,18-,19-,20-,24+,25+,26-,29-,30+,31+/m1/s1. The van der Waals surface area contributed by atoms with Gasteiger partial charge < -0.3 is 15.3 Å². The van der Waals surface area contributed by atoms with Gasteiger partial charge in [-0.25, -0.2) is 0 Å². The first-order valence-corrected chi connectivity index (χ1v) is 14.4. The number of carboxylic acids is 1. The molecule has 36 heavy (non-hydrogen) atoms. The van der Waals surface area contributed by atoms with E-state index in [0.29, 0.717) is 18.8 Å². The molecule has 0 amide bonds. The van der Waals surface area contributed by atoms with Crippen LogP contribution in [0.5, 0.6) is 0 Å². The molecule has 0 radical (unpaired) electrons. The summed E-state index contributed by atoms with van der Waals surface area (Å²) in [4.78, 5) is 24.5. The number of Topliss-reactive ketones (excluding diaryl/α,β-unsaturated/α-hetero) is 1. The fourth-order valence-electron chi connectivity index (χ4n) is 9.77. The Morgan fingerprint density at radius 3 is 2.14 bits per heavy atom. The molecule has 2 fully saturated rings. The molecule has 204 valence electrons. The molecular weight excluding hydrogens is 452 g/mol. The maximum Gasteiger partial charge on any atom is 0.306 e. The molecule has 0 unspecified atom stereocenters. The average molecular weight is 503 g/mol. The van der Waals surface area contributed by atoms with Crippen LogP contribution in [0.15, 0.2) is 11.1 Å². The zero-order chi connectivity index (χ0) is 27.0. The molecule has 0 aromatic carbocycles. The molecule has 0 aromatic rings. The predicted molar refractivity (Wildman–Crippen MR) is 141 cm³/mol. The van der Waals surface area contributed by atoms with Crippen LogP contribution in [0.3, 0.4) is 0 Å². The molecule has 0 heterocycles. The van der Waals surface area contributed by atoms with Gasteiger partial charge in [0.2, 0.25) is 0 Å². The Hall–Kier alpha value is -1.20. The SMILES string of the molecule is C[C@H](CC(=O)[C@H](C)[C@@H](C)C(=O)O)[C@H]1CC[C@@]2(C)C3=C(C[C@@H](O)[C@]12C)[C@@]1(C)CC[C@H](O)C(C)(C)[C@@H]1CC3. The Kier molecular flexibility index (Phi) is 6.90. The van der Waals surface area contributed by atoms with E-state index in [1.807, 2.05) is 0 Å². The van der Waals surface area contributed by atoms with E-state index in [1.165, 1.54) is 5.57 Å². The van der Waals surface area contributed by atoms with Crippen LogP contribution in [0.4, 0.5) is 0 Å². The molecule has 10 atom stereocenters. The molecule has 5 heteroatoms. The highest BCUT2D eigenvalue weighted by molar-refractivity contribution is 5.85. The predicted octanol–water partition coefficient (Wildman–Crippen LogP) is 6.02. The molecule has 5 nitrogen and oxygen atoms in total. The zero-order valence-electron chi connectivity index (χ0n) is 23.9. The van der Waals surface area contributed by atoms with Crippen LogP contribution in [0, 0.1) is 51.2 Å². The number of hydrogen-bond donors (Lipinski definition) is 3. The van der Waals surface area contributed by atoms with Crippen molar-refractivity contribution in [3.63, 3.8) is 0 Å². The highest BCUT2D eigenvalue weighted by Crippen LogP contribution is 2.72. The third-order valence-electron chi connectivity index (χ3n) is 12.7. The fraction of sp³-hybridized carbons (Fsp3) is 0.871. The van der Waals surface area contributed by atoms with Gasteiger partial charge >= 0.3 is 5.97 Å². The van der Waals surface area contributed by atoms with Crippen molar-refractivity contribution in [2.75, 3.05) is 0 Å². The summed E-state index contributed by atoms with van der Waals surface area (Å²) in [6.45, 7) is 17.0. The first kappa shape index (κ1) is 27.8. The molecule has 0 aliphatic heterocycles. The van der Waals surface area contributed by atoms with Crippen molar-refractivity contribution >= 4 is 11.8 Å². The molecule has 0 spiro atoms. The molecule has 0 bridgehead atoms. The summed E-state index contributed by atoms with van der Waals surface area (Å²) in [6, 6.07) is 0. The molecule has 2 saturated carbocycles. The van der Waals surface area contributed by atoms with Gasteiger partial charge in [-0.05, 0) is 78.9 Å². The van der Waals surface area contributed by atoms with Gasteiger partial charge in [0.25, 0.3) is 0 Å². The van der Waals surface area contributed by atoms with Crippen molar-refractivity contribution in [2.24, 2.45) is 51.2 Å². The number of carbonyl (C=O) groups is 2. The number of aliphatic carboxylic acids is 1. The highest BCUT2D eigenvalue weighted by atomic mass is 16.4. The summed E-state index contributed by atoms with van der Waals surface area (Å²) in [5.41, 5.74) is 2.52. The first-order valence-electron chi connectivity index (χ1n) is 14.4. The minimum absolute atomic E-state index is 0.0176. The second-order valence-corrected chi connectivity index (χ2v) is 14.4. The maximum absolute atomic E-state index is 13.0. The molecule has 3 N–H and O–H groups in total. The number of fused-ring (bicyclic) bond motifs is 4. The lowest BCUT2D eigenvalue weighted by atomic mass is 9.42. The fourth-order valence-corrected chi connectivity index (χ4v) is 9.77. The van der Waals surface area contributed by atoms with E-state index in [4.69, 9.17) is 0 Å². The summed E-state index contributed by atoms with van der Waals surface area (Å²) in [5.74, 6) is -1.35. The van der Waals surface area contributed by atoms with Crippen LogP contribution in [-0.2, 0) is 9.59 Å². The minimum Gasteiger partial charge on any atom is -0.481 e. The van der Waals surface area contributed by atoms with Gasteiger partial charge in [0, 0.05) is 17.8 Å². The van der Waals surface area contributed by atoms with Gasteiger partial charge in [-0.3, -0.25) is 9.59 Å². The number of ketones is 1. The Morgan fingerprint density at radius 1 is 0.889 bits per heavy atom. The van der Waals surface area contributed by atoms with E-state index >= 15 is 0 Å². The largest absolute Gasteiger partial charge is 0.481 e. The van der Waals surface area contributed by atoms with Crippen LogP contribution in [-0.4, -0.2) is 39.3 Å². The molecule has 4 aliphatic rings.